The van der Waals surface area contributed by atoms with Gasteiger partial charge in [-0.1, -0.05) is 40.2 Å². The summed E-state index contributed by atoms with van der Waals surface area (Å²) in [6.45, 7) is 3.90. The van der Waals surface area contributed by atoms with Crippen LogP contribution < -0.4 is 4.74 Å². The summed E-state index contributed by atoms with van der Waals surface area (Å²) in [5, 5.41) is 0. The van der Waals surface area contributed by atoms with Gasteiger partial charge in [0.1, 0.15) is 5.75 Å². The molecule has 2 bridgehead atoms. The second-order valence-corrected chi connectivity index (χ2v) is 7.58. The van der Waals surface area contributed by atoms with Crippen molar-refractivity contribution in [3.63, 3.8) is 0 Å². The Labute approximate surface area is 156 Å². The highest BCUT2D eigenvalue weighted by atomic mass is 79.9. The molecule has 0 saturated carbocycles. The molecule has 2 aromatic carbocycles. The van der Waals surface area contributed by atoms with Gasteiger partial charge in [-0.25, -0.2) is 4.79 Å². The van der Waals surface area contributed by atoms with Crippen LogP contribution in [0.4, 0.5) is 4.79 Å². The monoisotopic (exact) mass is 400 g/mol. The Morgan fingerprint density at radius 1 is 0.880 bits per heavy atom. The third-order valence-corrected chi connectivity index (χ3v) is 5.66. The summed E-state index contributed by atoms with van der Waals surface area (Å²) in [6.07, 6.45) is 1.89. The number of halogens is 1. The first-order valence-electron chi connectivity index (χ1n) is 8.76. The number of benzene rings is 2. The highest BCUT2D eigenvalue weighted by Crippen LogP contribution is 2.26. The van der Waals surface area contributed by atoms with E-state index in [1.54, 1.807) is 0 Å². The van der Waals surface area contributed by atoms with Crippen LogP contribution in [0.25, 0.3) is 11.1 Å². The third-order valence-electron chi connectivity index (χ3n) is 5.13. The summed E-state index contributed by atoms with van der Waals surface area (Å²) in [5.74, 6) is 0.602. The maximum absolute atomic E-state index is 12.6. The number of carbonyl (C=O) groups is 1. The van der Waals surface area contributed by atoms with Crippen molar-refractivity contribution < 1.29 is 9.53 Å². The Morgan fingerprint density at radius 2 is 1.48 bits per heavy atom. The molecule has 0 aliphatic carbocycles. The molecule has 0 radical (unpaired) electrons. The van der Waals surface area contributed by atoms with E-state index in [0.717, 1.165) is 54.6 Å². The SMILES string of the molecule is O=C(Oc1ccc(-c2ccc(Br)cc2)cc1)N1CCN2CCC1CC2. The Balaban J connectivity index is 1.44. The molecule has 0 N–H and O–H groups in total. The summed E-state index contributed by atoms with van der Waals surface area (Å²) in [7, 11) is 0. The predicted octanol–water partition coefficient (Wildman–Crippen LogP) is 4.39. The van der Waals surface area contributed by atoms with Crippen molar-refractivity contribution in [2.24, 2.45) is 0 Å². The molecule has 3 heterocycles. The summed E-state index contributed by atoms with van der Waals surface area (Å²) in [5.41, 5.74) is 2.24. The van der Waals surface area contributed by atoms with Crippen LogP contribution in [0.15, 0.2) is 53.0 Å². The van der Waals surface area contributed by atoms with Crippen molar-refractivity contribution in [3.05, 3.63) is 53.0 Å². The zero-order valence-corrected chi connectivity index (χ0v) is 15.6. The van der Waals surface area contributed by atoms with Crippen LogP contribution >= 0.6 is 15.9 Å². The second kappa shape index (κ2) is 7.18. The lowest BCUT2D eigenvalue weighted by molar-refractivity contribution is 0.131. The van der Waals surface area contributed by atoms with E-state index in [1.165, 1.54) is 0 Å². The predicted molar refractivity (Wildman–Crippen MR) is 102 cm³/mol. The number of piperidine rings is 1. The quantitative estimate of drug-likeness (QED) is 0.748. The number of hydrogen-bond donors (Lipinski definition) is 0. The minimum atomic E-state index is -0.217. The first kappa shape index (κ1) is 16.6. The normalized spacial score (nSPS) is 22.5. The van der Waals surface area contributed by atoms with Gasteiger partial charge in [0.2, 0.25) is 0 Å². The lowest BCUT2D eigenvalue weighted by Gasteiger charge is -2.30. The van der Waals surface area contributed by atoms with Gasteiger partial charge >= 0.3 is 6.09 Å². The van der Waals surface area contributed by atoms with Gasteiger partial charge in [-0.3, -0.25) is 0 Å². The van der Waals surface area contributed by atoms with Crippen molar-refractivity contribution in [2.75, 3.05) is 26.2 Å². The summed E-state index contributed by atoms with van der Waals surface area (Å²) < 4.78 is 6.69. The number of fused-ring (bicyclic) bond motifs is 4. The number of nitrogens with zero attached hydrogens (tertiary/aromatic N) is 2. The first-order valence-corrected chi connectivity index (χ1v) is 9.55. The lowest BCUT2D eigenvalue weighted by Crippen LogP contribution is -2.43. The molecule has 0 atom stereocenters. The largest absolute Gasteiger partial charge is 0.415 e. The molecule has 5 rings (SSSR count). The molecule has 130 valence electrons. The van der Waals surface area contributed by atoms with E-state index in [9.17, 15) is 4.79 Å². The Bertz CT molecular complexity index is 737. The zero-order chi connectivity index (χ0) is 17.2. The average Bonchev–Trinajstić information content (AvgIpc) is 2.97. The van der Waals surface area contributed by atoms with E-state index >= 15 is 0 Å². The van der Waals surface area contributed by atoms with Crippen molar-refractivity contribution in [2.45, 2.75) is 18.9 Å². The van der Waals surface area contributed by atoms with Gasteiger partial charge in [-0.15, -0.1) is 0 Å². The molecule has 3 aliphatic heterocycles. The van der Waals surface area contributed by atoms with E-state index < -0.39 is 0 Å². The second-order valence-electron chi connectivity index (χ2n) is 6.67. The van der Waals surface area contributed by atoms with E-state index in [1.807, 2.05) is 41.3 Å². The Morgan fingerprint density at radius 3 is 2.12 bits per heavy atom. The molecule has 0 spiro atoms. The number of ether oxygens (including phenoxy) is 1. The van der Waals surface area contributed by atoms with Crippen molar-refractivity contribution in [3.8, 4) is 16.9 Å². The lowest BCUT2D eigenvalue weighted by atomic mass is 10.1. The number of hydrogen-bond acceptors (Lipinski definition) is 3. The van der Waals surface area contributed by atoms with Gasteiger partial charge in [-0.2, -0.15) is 0 Å². The minimum Gasteiger partial charge on any atom is -0.410 e. The van der Waals surface area contributed by atoms with Crippen LogP contribution in [0.2, 0.25) is 0 Å². The molecule has 3 saturated heterocycles. The third kappa shape index (κ3) is 3.72. The molecular weight excluding hydrogens is 380 g/mol. The first-order chi connectivity index (χ1) is 12.2. The molecule has 4 nitrogen and oxygen atoms in total. The highest BCUT2D eigenvalue weighted by Gasteiger charge is 2.32. The summed E-state index contributed by atoms with van der Waals surface area (Å²) in [6, 6.07) is 16.2. The number of carbonyl (C=O) groups excluding carboxylic acids is 1. The molecule has 0 aromatic heterocycles. The number of amides is 1. The fraction of sp³-hybridized carbons (Fsp3) is 0.350. The van der Waals surface area contributed by atoms with E-state index in [0.29, 0.717) is 11.8 Å². The molecule has 3 aliphatic rings. The molecule has 3 fully saturated rings. The Hall–Kier alpha value is -1.85. The van der Waals surface area contributed by atoms with Crippen LogP contribution in [0.5, 0.6) is 5.75 Å². The Kier molecular flexibility index (Phi) is 4.77. The van der Waals surface area contributed by atoms with E-state index in [4.69, 9.17) is 4.74 Å². The molecule has 2 aromatic rings. The highest BCUT2D eigenvalue weighted by molar-refractivity contribution is 9.10. The fourth-order valence-corrected chi connectivity index (χ4v) is 3.91. The molecular formula is C20H21BrN2O2. The topological polar surface area (TPSA) is 32.8 Å². The van der Waals surface area contributed by atoms with E-state index in [2.05, 4.69) is 33.0 Å². The standard InChI is InChI=1S/C20H21BrN2O2/c21-17-5-1-15(2-6-17)16-3-7-19(8-4-16)25-20(24)23-14-13-22-11-9-18(23)10-12-22/h1-8,18H,9-14H2. The van der Waals surface area contributed by atoms with Crippen molar-refractivity contribution in [1.82, 2.24) is 9.80 Å². The zero-order valence-electron chi connectivity index (χ0n) is 14.0. The molecule has 5 heteroatoms. The fourth-order valence-electron chi connectivity index (χ4n) is 3.64. The maximum atomic E-state index is 12.6. The van der Waals surface area contributed by atoms with Crippen LogP contribution in [0, 0.1) is 0 Å². The number of rotatable bonds is 2. The summed E-state index contributed by atoms with van der Waals surface area (Å²) >= 11 is 3.45. The molecule has 25 heavy (non-hydrogen) atoms. The van der Waals surface area contributed by atoms with Gasteiger partial charge in [0, 0.05) is 36.7 Å². The van der Waals surface area contributed by atoms with Gasteiger partial charge in [0.05, 0.1) is 0 Å². The molecule has 0 unspecified atom stereocenters. The van der Waals surface area contributed by atoms with Gasteiger partial charge in [0.25, 0.3) is 0 Å². The van der Waals surface area contributed by atoms with Crippen molar-refractivity contribution in [1.29, 1.82) is 0 Å². The van der Waals surface area contributed by atoms with E-state index in [-0.39, 0.29) is 6.09 Å². The van der Waals surface area contributed by atoms with Crippen LogP contribution in [-0.2, 0) is 0 Å². The van der Waals surface area contributed by atoms with Crippen LogP contribution in [0.3, 0.4) is 0 Å². The van der Waals surface area contributed by atoms with Crippen LogP contribution in [-0.4, -0.2) is 48.1 Å². The smallest absolute Gasteiger partial charge is 0.410 e. The van der Waals surface area contributed by atoms with Crippen LogP contribution in [0.1, 0.15) is 12.8 Å². The molecule has 1 amide bonds. The average molecular weight is 401 g/mol. The minimum absolute atomic E-state index is 0.217. The van der Waals surface area contributed by atoms with Gasteiger partial charge in [-0.05, 0) is 48.2 Å². The van der Waals surface area contributed by atoms with Gasteiger partial charge in [0.15, 0.2) is 0 Å². The summed E-state index contributed by atoms with van der Waals surface area (Å²) in [4.78, 5) is 16.9. The van der Waals surface area contributed by atoms with Gasteiger partial charge < -0.3 is 14.5 Å². The maximum Gasteiger partial charge on any atom is 0.415 e. The van der Waals surface area contributed by atoms with Crippen molar-refractivity contribution >= 4 is 22.0 Å².